The lowest BCUT2D eigenvalue weighted by Gasteiger charge is -2.21. The van der Waals surface area contributed by atoms with Crippen LogP contribution in [0.3, 0.4) is 0 Å². The Hall–Kier alpha value is -3.24. The van der Waals surface area contributed by atoms with Crippen LogP contribution >= 0.6 is 11.6 Å². The molecule has 1 amide bonds. The number of allylic oxidation sites excluding steroid dienone is 3. The number of rotatable bonds is 4. The molecule has 0 saturated carbocycles. The highest BCUT2D eigenvalue weighted by Crippen LogP contribution is 2.33. The number of ketones is 2. The highest BCUT2D eigenvalue weighted by molar-refractivity contribution is 6.50. The van der Waals surface area contributed by atoms with Crippen LogP contribution < -0.4 is 9.75 Å². The van der Waals surface area contributed by atoms with Crippen LogP contribution in [0.5, 0.6) is 5.75 Å². The van der Waals surface area contributed by atoms with Crippen LogP contribution in [0, 0.1) is 17.2 Å². The molecule has 28 heavy (non-hydrogen) atoms. The SMILES string of the molecule is CC(C)C1=CC(Oc2ccc(N3N=C(C#N)C(=O)CC3=O)cc2Cl)=CCC1=O. The standard InChI is InChI=1S/C20H16ClN3O4/c1-11(2)14-8-13(4-5-17(14)25)28-19-6-3-12(7-15(19)21)24-20(27)9-18(26)16(10-22)23-24/h3-4,6-8,11H,5,9H2,1-2H3. The molecule has 0 spiro atoms. The van der Waals surface area contributed by atoms with Crippen LogP contribution in [0.1, 0.15) is 26.7 Å². The fourth-order valence-corrected chi connectivity index (χ4v) is 3.00. The molecule has 0 radical (unpaired) electrons. The van der Waals surface area contributed by atoms with Gasteiger partial charge in [-0.25, -0.2) is 0 Å². The zero-order valence-corrected chi connectivity index (χ0v) is 16.0. The first-order valence-electron chi connectivity index (χ1n) is 8.57. The molecular formula is C20H16ClN3O4. The van der Waals surface area contributed by atoms with Crippen LogP contribution in [0.4, 0.5) is 5.69 Å². The third-order valence-electron chi connectivity index (χ3n) is 4.24. The quantitative estimate of drug-likeness (QED) is 0.725. The van der Waals surface area contributed by atoms with Gasteiger partial charge in [0, 0.05) is 12.0 Å². The van der Waals surface area contributed by atoms with Gasteiger partial charge in [0.15, 0.2) is 5.78 Å². The molecule has 0 atom stereocenters. The maximum Gasteiger partial charge on any atom is 0.255 e. The van der Waals surface area contributed by atoms with Gasteiger partial charge in [-0.05, 0) is 36.3 Å². The van der Waals surface area contributed by atoms with Crippen LogP contribution in [0.15, 0.2) is 46.8 Å². The molecule has 1 aromatic carbocycles. The molecule has 0 saturated heterocycles. The third kappa shape index (κ3) is 3.87. The van der Waals surface area contributed by atoms with Crippen molar-refractivity contribution in [3.63, 3.8) is 0 Å². The van der Waals surface area contributed by atoms with E-state index in [0.717, 1.165) is 5.01 Å². The van der Waals surface area contributed by atoms with Crippen LogP contribution in [0.2, 0.25) is 5.02 Å². The van der Waals surface area contributed by atoms with Crippen molar-refractivity contribution in [2.24, 2.45) is 11.0 Å². The van der Waals surface area contributed by atoms with Gasteiger partial charge in [-0.1, -0.05) is 25.4 Å². The number of nitriles is 1. The Morgan fingerprint density at radius 1 is 1.25 bits per heavy atom. The summed E-state index contributed by atoms with van der Waals surface area (Å²) in [6.07, 6.45) is 3.22. The second-order valence-corrected chi connectivity index (χ2v) is 6.98. The van der Waals surface area contributed by atoms with Crippen molar-refractivity contribution in [2.45, 2.75) is 26.7 Å². The highest BCUT2D eigenvalue weighted by Gasteiger charge is 2.29. The van der Waals surface area contributed by atoms with Crippen LogP contribution in [-0.4, -0.2) is 23.2 Å². The van der Waals surface area contributed by atoms with Crippen molar-refractivity contribution in [3.8, 4) is 11.8 Å². The Bertz CT molecular complexity index is 1010. The number of amides is 1. The van der Waals surface area contributed by atoms with Crippen molar-refractivity contribution in [1.29, 1.82) is 5.26 Å². The first-order valence-corrected chi connectivity index (χ1v) is 8.95. The Morgan fingerprint density at radius 2 is 2.00 bits per heavy atom. The number of carbonyl (C=O) groups excluding carboxylic acids is 3. The average Bonchev–Trinajstić information content (AvgIpc) is 2.65. The maximum atomic E-state index is 12.1. The minimum atomic E-state index is -0.610. The number of ether oxygens (including phenoxy) is 1. The van der Waals surface area contributed by atoms with Crippen LogP contribution in [-0.2, 0) is 14.4 Å². The first kappa shape index (κ1) is 19.5. The highest BCUT2D eigenvalue weighted by atomic mass is 35.5. The van der Waals surface area contributed by atoms with Crippen LogP contribution in [0.25, 0.3) is 0 Å². The zero-order valence-electron chi connectivity index (χ0n) is 15.2. The lowest BCUT2D eigenvalue weighted by Crippen LogP contribution is -2.36. The molecule has 0 bridgehead atoms. The van der Waals surface area contributed by atoms with Crippen molar-refractivity contribution in [2.75, 3.05) is 5.01 Å². The number of anilines is 1. The number of carbonyl (C=O) groups is 3. The number of hydrazone groups is 1. The summed E-state index contributed by atoms with van der Waals surface area (Å²) < 4.78 is 5.80. The molecule has 0 unspecified atom stereocenters. The summed E-state index contributed by atoms with van der Waals surface area (Å²) in [7, 11) is 0. The Balaban J connectivity index is 1.85. The van der Waals surface area contributed by atoms with Gasteiger partial charge >= 0.3 is 0 Å². The molecule has 7 nitrogen and oxygen atoms in total. The molecule has 8 heteroatoms. The number of Topliss-reactive ketones (excluding diaryl/α,β-unsaturated/α-hetero) is 2. The summed E-state index contributed by atoms with van der Waals surface area (Å²) in [4.78, 5) is 35.6. The normalized spacial score (nSPS) is 17.2. The molecule has 1 aliphatic carbocycles. The number of halogens is 1. The first-order chi connectivity index (χ1) is 13.3. The van der Waals surface area contributed by atoms with E-state index >= 15 is 0 Å². The van der Waals surface area contributed by atoms with Gasteiger partial charge in [-0.2, -0.15) is 15.4 Å². The van der Waals surface area contributed by atoms with E-state index in [0.29, 0.717) is 22.8 Å². The number of benzene rings is 1. The summed E-state index contributed by atoms with van der Waals surface area (Å²) in [5.41, 5.74) is 0.667. The molecule has 0 N–H and O–H groups in total. The van der Waals surface area contributed by atoms with Crippen molar-refractivity contribution < 1.29 is 19.1 Å². The molecule has 1 aliphatic heterocycles. The summed E-state index contributed by atoms with van der Waals surface area (Å²) in [5, 5.41) is 13.9. The lowest BCUT2D eigenvalue weighted by atomic mass is 9.93. The van der Waals surface area contributed by atoms with E-state index in [2.05, 4.69) is 5.10 Å². The maximum absolute atomic E-state index is 12.1. The lowest BCUT2D eigenvalue weighted by molar-refractivity contribution is -0.124. The largest absolute Gasteiger partial charge is 0.456 e. The van der Waals surface area contributed by atoms with Gasteiger partial charge in [-0.3, -0.25) is 14.4 Å². The van der Waals surface area contributed by atoms with Gasteiger partial charge in [0.05, 0.1) is 17.1 Å². The van der Waals surface area contributed by atoms with Gasteiger partial charge in [0.1, 0.15) is 17.6 Å². The van der Waals surface area contributed by atoms with E-state index < -0.39 is 18.1 Å². The molecule has 3 rings (SSSR count). The molecule has 1 heterocycles. The Morgan fingerprint density at radius 3 is 2.64 bits per heavy atom. The molecular weight excluding hydrogens is 382 g/mol. The summed E-state index contributed by atoms with van der Waals surface area (Å²) in [5.74, 6) is -0.156. The monoisotopic (exact) mass is 397 g/mol. The van der Waals surface area contributed by atoms with Crippen molar-refractivity contribution in [3.05, 3.63) is 46.7 Å². The van der Waals surface area contributed by atoms with E-state index in [4.69, 9.17) is 21.6 Å². The number of hydrogen-bond acceptors (Lipinski definition) is 6. The number of nitrogens with zero attached hydrogens (tertiary/aromatic N) is 3. The topological polar surface area (TPSA) is 99.8 Å². The average molecular weight is 398 g/mol. The molecule has 0 fully saturated rings. The Kier molecular flexibility index (Phi) is 5.43. The summed E-state index contributed by atoms with van der Waals surface area (Å²) in [6.45, 7) is 3.87. The van der Waals surface area contributed by atoms with Gasteiger partial charge in [-0.15, -0.1) is 0 Å². The minimum absolute atomic E-state index is 0.0631. The van der Waals surface area contributed by atoms with E-state index in [1.54, 1.807) is 30.4 Å². The van der Waals surface area contributed by atoms with Crippen molar-refractivity contribution in [1.82, 2.24) is 0 Å². The van der Waals surface area contributed by atoms with Gasteiger partial charge in [0.25, 0.3) is 5.91 Å². The fourth-order valence-electron chi connectivity index (χ4n) is 2.79. The van der Waals surface area contributed by atoms with Crippen molar-refractivity contribution >= 4 is 40.5 Å². The minimum Gasteiger partial charge on any atom is -0.456 e. The van der Waals surface area contributed by atoms with E-state index in [-0.39, 0.29) is 28.9 Å². The molecule has 1 aromatic rings. The fraction of sp³-hybridized carbons (Fsp3) is 0.250. The van der Waals surface area contributed by atoms with Gasteiger partial charge < -0.3 is 4.74 Å². The number of hydrogen-bond donors (Lipinski definition) is 0. The smallest absolute Gasteiger partial charge is 0.255 e. The second-order valence-electron chi connectivity index (χ2n) is 6.57. The Labute approximate surface area is 166 Å². The molecule has 2 aliphatic rings. The molecule has 142 valence electrons. The van der Waals surface area contributed by atoms with E-state index in [1.165, 1.54) is 6.07 Å². The zero-order chi connectivity index (χ0) is 20.4. The predicted molar refractivity (Wildman–Crippen MR) is 103 cm³/mol. The summed E-state index contributed by atoms with van der Waals surface area (Å²) >= 11 is 6.28. The third-order valence-corrected chi connectivity index (χ3v) is 4.53. The summed E-state index contributed by atoms with van der Waals surface area (Å²) in [6, 6.07) is 6.25. The second kappa shape index (κ2) is 7.79. The predicted octanol–water partition coefficient (Wildman–Crippen LogP) is 3.34. The van der Waals surface area contributed by atoms with Gasteiger partial charge in [0.2, 0.25) is 11.5 Å². The molecule has 0 aromatic heterocycles. The van der Waals surface area contributed by atoms with E-state index in [9.17, 15) is 14.4 Å². The van der Waals surface area contributed by atoms with E-state index in [1.807, 2.05) is 13.8 Å².